The van der Waals surface area contributed by atoms with Crippen molar-refractivity contribution in [2.75, 3.05) is 5.32 Å². The van der Waals surface area contributed by atoms with Gasteiger partial charge in [0.25, 0.3) is 0 Å². The van der Waals surface area contributed by atoms with Crippen molar-refractivity contribution in [1.82, 2.24) is 4.98 Å². The number of carbonyl (C=O) groups is 1. The second-order valence-electron chi connectivity index (χ2n) is 6.59. The van der Waals surface area contributed by atoms with Gasteiger partial charge < -0.3 is 15.8 Å². The van der Waals surface area contributed by atoms with Gasteiger partial charge in [-0.2, -0.15) is 13.2 Å². The van der Waals surface area contributed by atoms with Crippen LogP contribution in [0.4, 0.5) is 18.9 Å². The Hall–Kier alpha value is -2.03. The number of halogens is 5. The molecule has 2 atom stereocenters. The quantitative estimate of drug-likeness (QED) is 0.655. The van der Waals surface area contributed by atoms with Crippen molar-refractivity contribution in [1.29, 1.82) is 0 Å². The maximum atomic E-state index is 12.7. The molecule has 1 aliphatic rings. The van der Waals surface area contributed by atoms with Crippen molar-refractivity contribution in [3.63, 3.8) is 0 Å². The van der Waals surface area contributed by atoms with Crippen molar-refractivity contribution < 1.29 is 22.7 Å². The topological polar surface area (TPSA) is 77.2 Å². The summed E-state index contributed by atoms with van der Waals surface area (Å²) in [6.07, 6.45) is -1.18. The van der Waals surface area contributed by atoms with Crippen LogP contribution in [0.15, 0.2) is 42.5 Å². The molecule has 1 saturated carbocycles. The van der Waals surface area contributed by atoms with E-state index in [2.05, 4.69) is 10.3 Å². The predicted octanol–water partition coefficient (Wildman–Crippen LogP) is 5.19. The third-order valence-electron chi connectivity index (χ3n) is 4.54. The summed E-state index contributed by atoms with van der Waals surface area (Å²) in [5.74, 6) is 0.264. The summed E-state index contributed by atoms with van der Waals surface area (Å²) in [5.41, 5.74) is 5.54. The molecular formula is C19H22Cl2F3N3O2. The number of pyridine rings is 1. The van der Waals surface area contributed by atoms with Crippen LogP contribution in [0.2, 0.25) is 0 Å². The maximum Gasteiger partial charge on any atom is 0.433 e. The molecule has 0 bridgehead atoms. The number of benzene rings is 1. The summed E-state index contributed by atoms with van der Waals surface area (Å²) < 4.78 is 43.4. The molecule has 0 radical (unpaired) electrons. The van der Waals surface area contributed by atoms with Crippen LogP contribution in [0.3, 0.4) is 0 Å². The molecule has 1 aromatic carbocycles. The zero-order valence-electron chi connectivity index (χ0n) is 15.3. The number of ether oxygens (including phenoxy) is 1. The first-order chi connectivity index (χ1) is 12.8. The molecule has 1 fully saturated rings. The Morgan fingerprint density at radius 2 is 1.83 bits per heavy atom. The molecule has 0 saturated heterocycles. The van der Waals surface area contributed by atoms with Crippen LogP contribution >= 0.6 is 24.8 Å². The SMILES string of the molecule is Cl.Cl.N[C@@H]1CCC[C@H]1CC(=O)Nc1ccc(Oc2cccc(C(F)(F)F)n2)cc1. The van der Waals surface area contributed by atoms with E-state index >= 15 is 0 Å². The number of nitrogens with one attached hydrogen (secondary N) is 1. The number of nitrogens with two attached hydrogens (primary N) is 1. The summed E-state index contributed by atoms with van der Waals surface area (Å²) in [4.78, 5) is 15.6. The van der Waals surface area contributed by atoms with Gasteiger partial charge in [0.05, 0.1) is 0 Å². The summed E-state index contributed by atoms with van der Waals surface area (Å²) in [6, 6.07) is 9.87. The zero-order valence-corrected chi connectivity index (χ0v) is 16.9. The monoisotopic (exact) mass is 451 g/mol. The van der Waals surface area contributed by atoms with E-state index in [-0.39, 0.29) is 48.6 Å². The Kier molecular flexibility index (Phi) is 9.19. The van der Waals surface area contributed by atoms with Crippen LogP contribution in [-0.4, -0.2) is 16.9 Å². The number of rotatable bonds is 5. The molecule has 1 aliphatic carbocycles. The number of amides is 1. The van der Waals surface area contributed by atoms with Gasteiger partial charge in [-0.3, -0.25) is 4.79 Å². The van der Waals surface area contributed by atoms with E-state index in [1.807, 2.05) is 0 Å². The predicted molar refractivity (Wildman–Crippen MR) is 109 cm³/mol. The molecule has 10 heteroatoms. The molecule has 160 valence electrons. The number of aromatic nitrogens is 1. The number of alkyl halides is 3. The third kappa shape index (κ3) is 7.06. The first-order valence-electron chi connectivity index (χ1n) is 8.69. The number of nitrogens with zero attached hydrogens (tertiary/aromatic N) is 1. The Balaban J connectivity index is 0.00000210. The highest BCUT2D eigenvalue weighted by atomic mass is 35.5. The molecule has 2 aromatic rings. The van der Waals surface area contributed by atoms with E-state index in [1.165, 1.54) is 12.1 Å². The standard InChI is InChI=1S/C19H20F3N3O2.2ClH/c20-19(21,22)16-5-2-6-18(25-16)27-14-9-7-13(8-10-14)24-17(26)11-12-3-1-4-15(12)23;;/h2,5-10,12,15H,1,3-4,11,23H2,(H,24,26);2*1H/t12-,15+;;/m0../s1. The Labute approximate surface area is 179 Å². The highest BCUT2D eigenvalue weighted by Crippen LogP contribution is 2.30. The molecule has 0 spiro atoms. The first kappa shape index (κ1) is 25.0. The van der Waals surface area contributed by atoms with Crippen molar-refractivity contribution in [3.05, 3.63) is 48.2 Å². The van der Waals surface area contributed by atoms with Crippen molar-refractivity contribution in [2.45, 2.75) is 37.9 Å². The minimum absolute atomic E-state index is 0. The molecule has 3 N–H and O–H groups in total. The molecule has 0 unspecified atom stereocenters. The van der Waals surface area contributed by atoms with Gasteiger partial charge in [0, 0.05) is 24.2 Å². The Morgan fingerprint density at radius 1 is 1.14 bits per heavy atom. The highest BCUT2D eigenvalue weighted by Gasteiger charge is 2.32. The lowest BCUT2D eigenvalue weighted by molar-refractivity contribution is -0.141. The summed E-state index contributed by atoms with van der Waals surface area (Å²) in [5, 5.41) is 2.80. The van der Waals surface area contributed by atoms with Gasteiger partial charge in [-0.25, -0.2) is 4.98 Å². The molecule has 1 heterocycles. The number of anilines is 1. The van der Waals surface area contributed by atoms with Gasteiger partial charge in [-0.1, -0.05) is 12.5 Å². The number of carbonyl (C=O) groups excluding carboxylic acids is 1. The van der Waals surface area contributed by atoms with Gasteiger partial charge in [0.2, 0.25) is 11.8 Å². The fourth-order valence-corrected chi connectivity index (χ4v) is 3.13. The molecule has 1 amide bonds. The third-order valence-corrected chi connectivity index (χ3v) is 4.54. The summed E-state index contributed by atoms with van der Waals surface area (Å²) >= 11 is 0. The lowest BCUT2D eigenvalue weighted by Crippen LogP contribution is -2.28. The van der Waals surface area contributed by atoms with E-state index in [9.17, 15) is 18.0 Å². The van der Waals surface area contributed by atoms with E-state index in [1.54, 1.807) is 24.3 Å². The van der Waals surface area contributed by atoms with Crippen LogP contribution in [0.1, 0.15) is 31.4 Å². The van der Waals surface area contributed by atoms with Crippen molar-refractivity contribution >= 4 is 36.4 Å². The minimum Gasteiger partial charge on any atom is -0.439 e. The summed E-state index contributed by atoms with van der Waals surface area (Å²) in [7, 11) is 0. The van der Waals surface area contributed by atoms with Gasteiger partial charge in [0.1, 0.15) is 11.4 Å². The fourth-order valence-electron chi connectivity index (χ4n) is 3.13. The average Bonchev–Trinajstić information content (AvgIpc) is 3.01. The lowest BCUT2D eigenvalue weighted by Gasteiger charge is -2.15. The second kappa shape index (κ2) is 10.7. The molecule has 3 rings (SSSR count). The summed E-state index contributed by atoms with van der Waals surface area (Å²) in [6.45, 7) is 0. The van der Waals surface area contributed by atoms with Crippen LogP contribution in [0.5, 0.6) is 11.6 Å². The first-order valence-corrected chi connectivity index (χ1v) is 8.69. The average molecular weight is 452 g/mol. The molecular weight excluding hydrogens is 430 g/mol. The van der Waals surface area contributed by atoms with E-state index < -0.39 is 11.9 Å². The van der Waals surface area contributed by atoms with E-state index in [4.69, 9.17) is 10.5 Å². The maximum absolute atomic E-state index is 12.7. The number of hydrogen-bond donors (Lipinski definition) is 2. The van der Waals surface area contributed by atoms with Gasteiger partial charge in [-0.05, 0) is 49.1 Å². The van der Waals surface area contributed by atoms with Gasteiger partial charge >= 0.3 is 6.18 Å². The molecule has 0 aliphatic heterocycles. The molecule has 1 aromatic heterocycles. The van der Waals surface area contributed by atoms with Crippen LogP contribution < -0.4 is 15.8 Å². The molecule has 5 nitrogen and oxygen atoms in total. The number of hydrogen-bond acceptors (Lipinski definition) is 4. The van der Waals surface area contributed by atoms with Gasteiger partial charge in [0.15, 0.2) is 0 Å². The van der Waals surface area contributed by atoms with Gasteiger partial charge in [-0.15, -0.1) is 24.8 Å². The van der Waals surface area contributed by atoms with Crippen LogP contribution in [0.25, 0.3) is 0 Å². The Bertz CT molecular complexity index is 804. The van der Waals surface area contributed by atoms with Crippen LogP contribution in [0, 0.1) is 5.92 Å². The lowest BCUT2D eigenvalue weighted by atomic mass is 10.00. The zero-order chi connectivity index (χ0) is 19.4. The fraction of sp³-hybridized carbons (Fsp3) is 0.368. The van der Waals surface area contributed by atoms with E-state index in [0.717, 1.165) is 25.3 Å². The van der Waals surface area contributed by atoms with Crippen LogP contribution in [-0.2, 0) is 11.0 Å². The smallest absolute Gasteiger partial charge is 0.433 e. The van der Waals surface area contributed by atoms with Crippen molar-refractivity contribution in [3.8, 4) is 11.6 Å². The Morgan fingerprint density at radius 3 is 2.41 bits per heavy atom. The van der Waals surface area contributed by atoms with E-state index in [0.29, 0.717) is 17.9 Å². The largest absolute Gasteiger partial charge is 0.439 e. The normalized spacial score (nSPS) is 18.3. The minimum atomic E-state index is -4.53. The highest BCUT2D eigenvalue weighted by molar-refractivity contribution is 5.91. The molecule has 29 heavy (non-hydrogen) atoms. The second-order valence-corrected chi connectivity index (χ2v) is 6.59. The van der Waals surface area contributed by atoms with Crippen molar-refractivity contribution in [2.24, 2.45) is 11.7 Å².